The Morgan fingerprint density at radius 2 is 1.88 bits per heavy atom. The molecule has 0 aliphatic heterocycles. The fourth-order valence-corrected chi connectivity index (χ4v) is 2.02. The third-order valence-electron chi connectivity index (χ3n) is 3.23. The maximum atomic E-state index is 11.9. The summed E-state index contributed by atoms with van der Waals surface area (Å²) in [5.74, 6) is 0.537. The summed E-state index contributed by atoms with van der Waals surface area (Å²) in [4.78, 5) is 17.5. The molecule has 0 spiro atoms. The first-order valence-electron chi connectivity index (χ1n) is 7.25. The van der Waals surface area contributed by atoms with Crippen LogP contribution in [0.25, 0.3) is 5.69 Å². The van der Waals surface area contributed by atoms with E-state index in [1.165, 1.54) is 4.80 Å². The van der Waals surface area contributed by atoms with Gasteiger partial charge in [-0.1, -0.05) is 6.07 Å². The number of pyridine rings is 1. The van der Waals surface area contributed by atoms with Gasteiger partial charge < -0.3 is 15.4 Å². The Bertz CT molecular complexity index is 784. The molecule has 0 fully saturated rings. The summed E-state index contributed by atoms with van der Waals surface area (Å²) in [7, 11) is 1.56. The normalized spacial score (nSPS) is 10.2. The number of amides is 2. The molecule has 24 heavy (non-hydrogen) atoms. The number of carbonyl (C=O) groups excluding carboxylic acids is 1. The van der Waals surface area contributed by atoms with Gasteiger partial charge in [-0.25, -0.2) is 9.78 Å². The van der Waals surface area contributed by atoms with Crippen LogP contribution < -0.4 is 15.4 Å². The summed E-state index contributed by atoms with van der Waals surface area (Å²) < 4.78 is 4.99. The minimum atomic E-state index is -0.296. The van der Waals surface area contributed by atoms with Crippen LogP contribution in [-0.4, -0.2) is 33.1 Å². The van der Waals surface area contributed by atoms with Gasteiger partial charge in [-0.3, -0.25) is 0 Å². The molecule has 0 saturated heterocycles. The number of nitrogens with one attached hydrogen (secondary N) is 2. The highest BCUT2D eigenvalue weighted by atomic mass is 16.5. The van der Waals surface area contributed by atoms with Crippen LogP contribution in [0.3, 0.4) is 0 Å². The molecule has 8 nitrogen and oxygen atoms in total. The van der Waals surface area contributed by atoms with Crippen molar-refractivity contribution in [3.63, 3.8) is 0 Å². The van der Waals surface area contributed by atoms with Gasteiger partial charge in [-0.2, -0.15) is 15.0 Å². The summed E-state index contributed by atoms with van der Waals surface area (Å²) >= 11 is 0. The van der Waals surface area contributed by atoms with E-state index in [0.717, 1.165) is 11.3 Å². The van der Waals surface area contributed by atoms with Crippen molar-refractivity contribution in [2.45, 2.75) is 6.54 Å². The number of rotatable bonds is 5. The summed E-state index contributed by atoms with van der Waals surface area (Å²) in [6.07, 6.45) is 4.87. The molecule has 0 aliphatic rings. The highest BCUT2D eigenvalue weighted by molar-refractivity contribution is 5.89. The smallest absolute Gasteiger partial charge is 0.319 e. The number of methoxy groups -OCH3 is 1. The highest BCUT2D eigenvalue weighted by Crippen LogP contribution is 2.11. The summed E-state index contributed by atoms with van der Waals surface area (Å²) in [6, 6.07) is 10.5. The van der Waals surface area contributed by atoms with E-state index in [0.29, 0.717) is 18.1 Å². The lowest BCUT2D eigenvalue weighted by Crippen LogP contribution is -2.28. The zero-order valence-electron chi connectivity index (χ0n) is 13.0. The van der Waals surface area contributed by atoms with Crippen LogP contribution in [0.4, 0.5) is 10.5 Å². The Hall–Kier alpha value is -3.42. The second kappa shape index (κ2) is 7.23. The molecule has 2 aromatic heterocycles. The first-order chi connectivity index (χ1) is 11.7. The zero-order chi connectivity index (χ0) is 16.8. The lowest BCUT2D eigenvalue weighted by Gasteiger charge is -2.08. The van der Waals surface area contributed by atoms with Gasteiger partial charge in [0.1, 0.15) is 0 Å². The van der Waals surface area contributed by atoms with E-state index in [1.54, 1.807) is 43.9 Å². The predicted octanol–water partition coefficient (Wildman–Crippen LogP) is 1.99. The van der Waals surface area contributed by atoms with Crippen molar-refractivity contribution in [3.05, 3.63) is 60.6 Å². The van der Waals surface area contributed by atoms with Gasteiger partial charge in [-0.05, 0) is 29.8 Å². The molecule has 0 radical (unpaired) electrons. The van der Waals surface area contributed by atoms with E-state index in [9.17, 15) is 4.79 Å². The van der Waals surface area contributed by atoms with Gasteiger partial charge in [0.25, 0.3) is 0 Å². The Balaban J connectivity index is 1.52. The summed E-state index contributed by atoms with van der Waals surface area (Å²) in [5.41, 5.74) is 2.37. The Morgan fingerprint density at radius 1 is 1.12 bits per heavy atom. The molecule has 1 aromatic carbocycles. The molecular weight excluding hydrogens is 308 g/mol. The first-order valence-corrected chi connectivity index (χ1v) is 7.25. The Labute approximate surface area is 138 Å². The molecular formula is C16H16N6O2. The quantitative estimate of drug-likeness (QED) is 0.748. The number of hydrogen-bond donors (Lipinski definition) is 2. The Kier molecular flexibility index (Phi) is 4.66. The molecule has 3 aromatic rings. The maximum absolute atomic E-state index is 11.9. The third kappa shape index (κ3) is 3.86. The van der Waals surface area contributed by atoms with Crippen molar-refractivity contribution >= 4 is 11.7 Å². The minimum absolute atomic E-state index is 0.296. The van der Waals surface area contributed by atoms with E-state index in [2.05, 4.69) is 25.8 Å². The van der Waals surface area contributed by atoms with Crippen molar-refractivity contribution < 1.29 is 9.53 Å². The molecule has 122 valence electrons. The molecule has 2 heterocycles. The topological polar surface area (TPSA) is 94.0 Å². The molecule has 3 rings (SSSR count). The van der Waals surface area contributed by atoms with Gasteiger partial charge in [0, 0.05) is 24.5 Å². The van der Waals surface area contributed by atoms with Crippen LogP contribution in [0.5, 0.6) is 5.88 Å². The van der Waals surface area contributed by atoms with E-state index in [-0.39, 0.29) is 6.03 Å². The summed E-state index contributed by atoms with van der Waals surface area (Å²) in [6.45, 7) is 0.373. The number of anilines is 1. The fraction of sp³-hybridized carbons (Fsp3) is 0.125. The lowest BCUT2D eigenvalue weighted by atomic mass is 10.3. The maximum Gasteiger partial charge on any atom is 0.319 e. The number of aromatic nitrogens is 4. The van der Waals surface area contributed by atoms with Crippen molar-refractivity contribution in [2.24, 2.45) is 0 Å². The number of nitrogens with zero attached hydrogens (tertiary/aromatic N) is 4. The van der Waals surface area contributed by atoms with Gasteiger partial charge in [0.05, 0.1) is 25.2 Å². The molecule has 0 atom stereocenters. The van der Waals surface area contributed by atoms with E-state index >= 15 is 0 Å². The predicted molar refractivity (Wildman–Crippen MR) is 88.0 cm³/mol. The second-order valence-electron chi connectivity index (χ2n) is 4.88. The first kappa shape index (κ1) is 15.5. The van der Waals surface area contributed by atoms with E-state index in [1.807, 2.05) is 18.2 Å². The monoisotopic (exact) mass is 324 g/mol. The van der Waals surface area contributed by atoms with Gasteiger partial charge >= 0.3 is 6.03 Å². The number of urea groups is 1. The van der Waals surface area contributed by atoms with Crippen molar-refractivity contribution in [1.29, 1.82) is 0 Å². The van der Waals surface area contributed by atoms with Crippen LogP contribution in [0.2, 0.25) is 0 Å². The molecule has 2 amide bonds. The highest BCUT2D eigenvalue weighted by Gasteiger charge is 2.03. The molecule has 2 N–H and O–H groups in total. The second-order valence-corrected chi connectivity index (χ2v) is 4.88. The third-order valence-corrected chi connectivity index (χ3v) is 3.23. The number of benzene rings is 1. The van der Waals surface area contributed by atoms with Crippen LogP contribution in [0.1, 0.15) is 5.56 Å². The average molecular weight is 324 g/mol. The number of ether oxygens (including phenoxy) is 1. The van der Waals surface area contributed by atoms with Crippen LogP contribution >= 0.6 is 0 Å². The molecule has 0 unspecified atom stereocenters. The lowest BCUT2D eigenvalue weighted by molar-refractivity contribution is 0.251. The SMILES string of the molecule is COc1ccc(CNC(=O)Nc2ccc(-n3nccn3)cc2)cn1. The van der Waals surface area contributed by atoms with Gasteiger partial charge in [0.2, 0.25) is 5.88 Å². The molecule has 8 heteroatoms. The Morgan fingerprint density at radius 3 is 2.50 bits per heavy atom. The van der Waals surface area contributed by atoms with Crippen LogP contribution in [-0.2, 0) is 6.54 Å². The minimum Gasteiger partial charge on any atom is -0.481 e. The zero-order valence-corrected chi connectivity index (χ0v) is 13.0. The van der Waals surface area contributed by atoms with E-state index in [4.69, 9.17) is 4.74 Å². The fourth-order valence-electron chi connectivity index (χ4n) is 2.02. The number of hydrogen-bond acceptors (Lipinski definition) is 5. The van der Waals surface area contributed by atoms with Crippen LogP contribution in [0, 0.1) is 0 Å². The molecule has 0 bridgehead atoms. The molecule has 0 saturated carbocycles. The molecule has 0 aliphatic carbocycles. The van der Waals surface area contributed by atoms with Crippen molar-refractivity contribution in [2.75, 3.05) is 12.4 Å². The summed E-state index contributed by atoms with van der Waals surface area (Å²) in [5, 5.41) is 13.6. The standard InChI is InChI=1S/C16H16N6O2/c1-24-15-7-2-12(10-17-15)11-18-16(23)21-13-3-5-14(6-4-13)22-19-8-9-20-22/h2-10H,11H2,1H3,(H2,18,21,23). The average Bonchev–Trinajstić information content (AvgIpc) is 3.16. The number of carbonyl (C=O) groups is 1. The van der Waals surface area contributed by atoms with E-state index < -0.39 is 0 Å². The van der Waals surface area contributed by atoms with Crippen LogP contribution in [0.15, 0.2) is 55.0 Å². The van der Waals surface area contributed by atoms with Gasteiger partial charge in [-0.15, -0.1) is 0 Å². The van der Waals surface area contributed by atoms with Crippen molar-refractivity contribution in [1.82, 2.24) is 25.3 Å². The van der Waals surface area contributed by atoms with Gasteiger partial charge in [0.15, 0.2) is 0 Å². The largest absolute Gasteiger partial charge is 0.481 e. The van der Waals surface area contributed by atoms with Crippen molar-refractivity contribution in [3.8, 4) is 11.6 Å².